The van der Waals surface area contributed by atoms with Crippen LogP contribution in [-0.4, -0.2) is 10.1 Å². The van der Waals surface area contributed by atoms with E-state index in [2.05, 4.69) is 4.98 Å². The molecule has 0 radical (unpaired) electrons. The van der Waals surface area contributed by atoms with E-state index in [4.69, 9.17) is 5.26 Å². The summed E-state index contributed by atoms with van der Waals surface area (Å²) in [6.45, 7) is 0. The van der Waals surface area contributed by atoms with Crippen molar-refractivity contribution < 1.29 is 5.11 Å². The van der Waals surface area contributed by atoms with Crippen LogP contribution < -0.4 is 0 Å². The summed E-state index contributed by atoms with van der Waals surface area (Å²) < 4.78 is 0. The molecule has 15 heavy (non-hydrogen) atoms. The maximum atomic E-state index is 9.62. The lowest BCUT2D eigenvalue weighted by molar-refractivity contribution is 0.477. The Balaban J connectivity index is 2.55. The predicted octanol–water partition coefficient (Wildman–Crippen LogP) is 2.33. The summed E-state index contributed by atoms with van der Waals surface area (Å²) in [7, 11) is 0. The Hall–Kier alpha value is -2.34. The highest BCUT2D eigenvalue weighted by Crippen LogP contribution is 2.28. The van der Waals surface area contributed by atoms with E-state index in [1.54, 1.807) is 36.5 Å². The van der Waals surface area contributed by atoms with Crippen LogP contribution >= 0.6 is 0 Å². The lowest BCUT2D eigenvalue weighted by Crippen LogP contribution is -1.84. The van der Waals surface area contributed by atoms with Crippen molar-refractivity contribution in [2.24, 2.45) is 0 Å². The molecule has 0 atom stereocenters. The van der Waals surface area contributed by atoms with Gasteiger partial charge in [0, 0.05) is 11.8 Å². The lowest BCUT2D eigenvalue weighted by Gasteiger charge is -2.03. The van der Waals surface area contributed by atoms with Gasteiger partial charge in [-0.3, -0.25) is 0 Å². The second-order valence-corrected chi connectivity index (χ2v) is 3.06. The largest absolute Gasteiger partial charge is 0.507 e. The van der Waals surface area contributed by atoms with Crippen molar-refractivity contribution in [2.75, 3.05) is 0 Å². The molecule has 72 valence electrons. The number of nitrogens with zero attached hydrogens (tertiary/aromatic N) is 2. The second kappa shape index (κ2) is 3.81. The average Bonchev–Trinajstić information content (AvgIpc) is 2.30. The summed E-state index contributed by atoms with van der Waals surface area (Å²) in [5.74, 6) is 0.201. The molecule has 1 aromatic heterocycles. The molecule has 1 heterocycles. The average molecular weight is 196 g/mol. The van der Waals surface area contributed by atoms with Crippen molar-refractivity contribution >= 4 is 0 Å². The van der Waals surface area contributed by atoms with Gasteiger partial charge in [-0.15, -0.1) is 0 Å². The van der Waals surface area contributed by atoms with E-state index in [0.29, 0.717) is 11.3 Å². The van der Waals surface area contributed by atoms with Crippen LogP contribution in [-0.2, 0) is 0 Å². The van der Waals surface area contributed by atoms with Crippen LogP contribution in [0.4, 0.5) is 0 Å². The number of hydrogen-bond donors (Lipinski definition) is 1. The molecular formula is C12H8N2O. The highest BCUT2D eigenvalue weighted by molar-refractivity contribution is 5.70. The highest BCUT2D eigenvalue weighted by atomic mass is 16.3. The van der Waals surface area contributed by atoms with Crippen molar-refractivity contribution in [3.05, 3.63) is 48.3 Å². The lowest BCUT2D eigenvalue weighted by atomic mass is 10.1. The molecule has 1 N–H and O–H groups in total. The first kappa shape index (κ1) is 9.22. The van der Waals surface area contributed by atoms with Gasteiger partial charge in [-0.05, 0) is 23.8 Å². The summed E-state index contributed by atoms with van der Waals surface area (Å²) in [6.07, 6.45) is 1.56. The van der Waals surface area contributed by atoms with E-state index in [-0.39, 0.29) is 5.75 Å². The van der Waals surface area contributed by atoms with Crippen LogP contribution in [0, 0.1) is 11.3 Å². The van der Waals surface area contributed by atoms with Crippen molar-refractivity contribution in [1.82, 2.24) is 4.98 Å². The number of phenolic OH excluding ortho intramolecular Hbond substituents is 1. The number of aromatic nitrogens is 1. The van der Waals surface area contributed by atoms with E-state index in [0.717, 1.165) is 5.56 Å². The van der Waals surface area contributed by atoms with E-state index in [1.807, 2.05) is 12.1 Å². The van der Waals surface area contributed by atoms with Crippen molar-refractivity contribution in [3.8, 4) is 22.9 Å². The van der Waals surface area contributed by atoms with E-state index in [1.165, 1.54) is 0 Å². The quantitative estimate of drug-likeness (QED) is 0.761. The monoisotopic (exact) mass is 196 g/mol. The summed E-state index contributed by atoms with van der Waals surface area (Å²) >= 11 is 0. The molecule has 0 aliphatic carbocycles. The minimum Gasteiger partial charge on any atom is -0.507 e. The predicted molar refractivity (Wildman–Crippen MR) is 56.1 cm³/mol. The summed E-state index contributed by atoms with van der Waals surface area (Å²) in [4.78, 5) is 3.87. The molecule has 3 heteroatoms. The van der Waals surface area contributed by atoms with Crippen molar-refractivity contribution in [2.45, 2.75) is 0 Å². The molecule has 2 rings (SSSR count). The van der Waals surface area contributed by atoms with Gasteiger partial charge in [-0.2, -0.15) is 5.26 Å². The molecular weight excluding hydrogens is 188 g/mol. The Morgan fingerprint density at radius 2 is 2.00 bits per heavy atom. The van der Waals surface area contributed by atoms with E-state index in [9.17, 15) is 5.11 Å². The molecule has 1 aromatic carbocycles. The van der Waals surface area contributed by atoms with Crippen LogP contribution in [0.5, 0.6) is 5.75 Å². The Morgan fingerprint density at radius 3 is 2.73 bits per heavy atom. The van der Waals surface area contributed by atoms with Gasteiger partial charge in [0.1, 0.15) is 17.5 Å². The summed E-state index contributed by atoms with van der Waals surface area (Å²) in [5, 5.41) is 18.3. The first-order chi connectivity index (χ1) is 7.31. The van der Waals surface area contributed by atoms with E-state index >= 15 is 0 Å². The third-order valence-electron chi connectivity index (χ3n) is 2.09. The molecule has 0 bridgehead atoms. The van der Waals surface area contributed by atoms with Gasteiger partial charge >= 0.3 is 0 Å². The fourth-order valence-electron chi connectivity index (χ4n) is 1.38. The van der Waals surface area contributed by atoms with Crippen LogP contribution in [0.15, 0.2) is 42.6 Å². The zero-order chi connectivity index (χ0) is 10.7. The smallest absolute Gasteiger partial charge is 0.141 e. The van der Waals surface area contributed by atoms with Gasteiger partial charge in [-0.1, -0.05) is 18.2 Å². The number of nitriles is 1. The molecule has 0 fully saturated rings. The molecule has 0 spiro atoms. The standard InChI is InChI=1S/C12H8N2O/c13-8-10-7-9(5-6-14-10)11-3-1-2-4-12(11)15/h1-7,15H. The fourth-order valence-corrected chi connectivity index (χ4v) is 1.38. The van der Waals surface area contributed by atoms with Gasteiger partial charge in [0.05, 0.1) is 0 Å². The van der Waals surface area contributed by atoms with Crippen LogP contribution in [0.3, 0.4) is 0 Å². The Morgan fingerprint density at radius 1 is 1.20 bits per heavy atom. The first-order valence-electron chi connectivity index (χ1n) is 4.46. The number of aromatic hydroxyl groups is 1. The Bertz CT molecular complexity index is 529. The van der Waals surface area contributed by atoms with Crippen molar-refractivity contribution in [1.29, 1.82) is 5.26 Å². The van der Waals surface area contributed by atoms with Gasteiger partial charge in [0.15, 0.2) is 0 Å². The molecule has 0 aliphatic heterocycles. The summed E-state index contributed by atoms with van der Waals surface area (Å²) in [6, 6.07) is 12.4. The molecule has 2 aromatic rings. The van der Waals surface area contributed by atoms with Gasteiger partial charge in [-0.25, -0.2) is 4.98 Å². The number of benzene rings is 1. The number of rotatable bonds is 1. The third kappa shape index (κ3) is 1.79. The minimum absolute atomic E-state index is 0.201. The molecule has 0 saturated carbocycles. The SMILES string of the molecule is N#Cc1cc(-c2ccccc2O)ccn1. The van der Waals surface area contributed by atoms with Crippen LogP contribution in [0.25, 0.3) is 11.1 Å². The molecule has 3 nitrogen and oxygen atoms in total. The molecule has 0 unspecified atom stereocenters. The summed E-state index contributed by atoms with van der Waals surface area (Å²) in [5.41, 5.74) is 1.84. The molecule has 0 aliphatic rings. The van der Waals surface area contributed by atoms with Crippen molar-refractivity contribution in [3.63, 3.8) is 0 Å². The maximum absolute atomic E-state index is 9.62. The second-order valence-electron chi connectivity index (χ2n) is 3.06. The number of phenols is 1. The van der Waals surface area contributed by atoms with Gasteiger partial charge < -0.3 is 5.11 Å². The Labute approximate surface area is 87.3 Å². The van der Waals surface area contributed by atoms with Gasteiger partial charge in [0.25, 0.3) is 0 Å². The first-order valence-corrected chi connectivity index (χ1v) is 4.46. The molecule has 0 saturated heterocycles. The maximum Gasteiger partial charge on any atom is 0.141 e. The van der Waals surface area contributed by atoms with E-state index < -0.39 is 0 Å². The number of hydrogen-bond acceptors (Lipinski definition) is 3. The minimum atomic E-state index is 0.201. The van der Waals surface area contributed by atoms with Crippen LogP contribution in [0.1, 0.15) is 5.69 Å². The Kier molecular flexibility index (Phi) is 2.34. The topological polar surface area (TPSA) is 56.9 Å². The van der Waals surface area contributed by atoms with Gasteiger partial charge in [0.2, 0.25) is 0 Å². The third-order valence-corrected chi connectivity index (χ3v) is 2.09. The normalized spacial score (nSPS) is 9.53. The zero-order valence-electron chi connectivity index (χ0n) is 7.88. The zero-order valence-corrected chi connectivity index (χ0v) is 7.88. The highest BCUT2D eigenvalue weighted by Gasteiger charge is 2.03. The number of para-hydroxylation sites is 1. The fraction of sp³-hybridized carbons (Fsp3) is 0. The number of pyridine rings is 1. The molecule has 0 amide bonds. The van der Waals surface area contributed by atoms with Crippen LogP contribution in [0.2, 0.25) is 0 Å².